The van der Waals surface area contributed by atoms with E-state index in [-0.39, 0.29) is 11.4 Å². The van der Waals surface area contributed by atoms with Gasteiger partial charge in [-0.25, -0.2) is 9.18 Å². The third-order valence-corrected chi connectivity index (χ3v) is 4.31. The SMILES string of the molecule is Cc1ccc(Nc2cc(CCc3ccccc3)ccc2C(=O)O)cc1F. The van der Waals surface area contributed by atoms with E-state index in [9.17, 15) is 14.3 Å². The predicted molar refractivity (Wildman–Crippen MR) is 102 cm³/mol. The van der Waals surface area contributed by atoms with Crippen LogP contribution in [-0.2, 0) is 12.8 Å². The van der Waals surface area contributed by atoms with Crippen molar-refractivity contribution in [2.75, 3.05) is 5.32 Å². The van der Waals surface area contributed by atoms with Crippen LogP contribution in [0.1, 0.15) is 27.0 Å². The average molecular weight is 349 g/mol. The molecule has 0 aromatic heterocycles. The molecule has 3 nitrogen and oxygen atoms in total. The zero-order valence-corrected chi connectivity index (χ0v) is 14.5. The summed E-state index contributed by atoms with van der Waals surface area (Å²) in [6, 6.07) is 20.1. The van der Waals surface area contributed by atoms with Gasteiger partial charge in [0.15, 0.2) is 0 Å². The number of anilines is 2. The first-order valence-corrected chi connectivity index (χ1v) is 8.46. The Hall–Kier alpha value is -3.14. The summed E-state index contributed by atoms with van der Waals surface area (Å²) < 4.78 is 13.8. The third kappa shape index (κ3) is 4.28. The molecular formula is C22H20FNO2. The predicted octanol–water partition coefficient (Wildman–Crippen LogP) is 5.36. The van der Waals surface area contributed by atoms with Gasteiger partial charge in [0, 0.05) is 5.69 Å². The van der Waals surface area contributed by atoms with Gasteiger partial charge in [-0.1, -0.05) is 42.5 Å². The molecule has 26 heavy (non-hydrogen) atoms. The highest BCUT2D eigenvalue weighted by atomic mass is 19.1. The van der Waals surface area contributed by atoms with Gasteiger partial charge in [0.1, 0.15) is 5.82 Å². The lowest BCUT2D eigenvalue weighted by atomic mass is 10.0. The van der Waals surface area contributed by atoms with E-state index in [4.69, 9.17) is 0 Å². The van der Waals surface area contributed by atoms with Crippen LogP contribution in [0.3, 0.4) is 0 Å². The first-order valence-electron chi connectivity index (χ1n) is 8.46. The Kier molecular flexibility index (Phi) is 5.32. The Labute approximate surface area is 152 Å². The summed E-state index contributed by atoms with van der Waals surface area (Å²) in [6.07, 6.45) is 1.66. The maximum atomic E-state index is 13.8. The number of carbonyl (C=O) groups is 1. The molecule has 0 saturated carbocycles. The van der Waals surface area contributed by atoms with Gasteiger partial charge in [0.05, 0.1) is 11.3 Å². The van der Waals surface area contributed by atoms with Gasteiger partial charge in [-0.05, 0) is 60.7 Å². The minimum Gasteiger partial charge on any atom is -0.478 e. The normalized spacial score (nSPS) is 10.5. The molecule has 0 radical (unpaired) electrons. The smallest absolute Gasteiger partial charge is 0.337 e. The first kappa shape index (κ1) is 17.7. The van der Waals surface area contributed by atoms with Crippen molar-refractivity contribution in [2.24, 2.45) is 0 Å². The molecule has 0 aliphatic rings. The van der Waals surface area contributed by atoms with E-state index in [1.807, 2.05) is 30.3 Å². The minimum atomic E-state index is -1.02. The highest BCUT2D eigenvalue weighted by Gasteiger charge is 2.12. The van der Waals surface area contributed by atoms with Crippen molar-refractivity contribution in [3.05, 3.63) is 94.8 Å². The van der Waals surface area contributed by atoms with E-state index in [0.29, 0.717) is 16.9 Å². The third-order valence-electron chi connectivity index (χ3n) is 4.31. The van der Waals surface area contributed by atoms with Crippen LogP contribution in [0.4, 0.5) is 15.8 Å². The van der Waals surface area contributed by atoms with Gasteiger partial charge in [-0.3, -0.25) is 0 Å². The number of nitrogens with one attached hydrogen (secondary N) is 1. The number of aromatic carboxylic acids is 1. The number of carboxylic acids is 1. The second-order valence-corrected chi connectivity index (χ2v) is 6.26. The van der Waals surface area contributed by atoms with E-state index in [0.717, 1.165) is 18.4 Å². The van der Waals surface area contributed by atoms with Gasteiger partial charge < -0.3 is 10.4 Å². The molecule has 0 heterocycles. The molecule has 4 heteroatoms. The fourth-order valence-corrected chi connectivity index (χ4v) is 2.80. The zero-order valence-electron chi connectivity index (χ0n) is 14.5. The molecule has 0 atom stereocenters. The number of hydrogen-bond donors (Lipinski definition) is 2. The average Bonchev–Trinajstić information content (AvgIpc) is 2.64. The van der Waals surface area contributed by atoms with Crippen LogP contribution in [0.2, 0.25) is 0 Å². The molecular weight excluding hydrogens is 329 g/mol. The molecule has 132 valence electrons. The van der Waals surface area contributed by atoms with Crippen molar-refractivity contribution in [1.29, 1.82) is 0 Å². The van der Waals surface area contributed by atoms with Crippen LogP contribution in [0, 0.1) is 12.7 Å². The van der Waals surface area contributed by atoms with E-state index in [2.05, 4.69) is 17.4 Å². The van der Waals surface area contributed by atoms with E-state index >= 15 is 0 Å². The van der Waals surface area contributed by atoms with E-state index in [1.165, 1.54) is 11.6 Å². The first-order chi connectivity index (χ1) is 12.5. The summed E-state index contributed by atoms with van der Waals surface area (Å²) in [5.74, 6) is -1.35. The van der Waals surface area contributed by atoms with E-state index < -0.39 is 5.97 Å². The molecule has 0 saturated heterocycles. The number of benzene rings is 3. The fraction of sp³-hybridized carbons (Fsp3) is 0.136. The summed E-state index contributed by atoms with van der Waals surface area (Å²) in [5, 5.41) is 12.5. The number of carboxylic acid groups (broad SMARTS) is 1. The van der Waals surface area contributed by atoms with Crippen LogP contribution < -0.4 is 5.32 Å². The summed E-state index contributed by atoms with van der Waals surface area (Å²) in [4.78, 5) is 11.5. The van der Waals surface area contributed by atoms with Crippen molar-refractivity contribution in [1.82, 2.24) is 0 Å². The van der Waals surface area contributed by atoms with Crippen LogP contribution in [0.5, 0.6) is 0 Å². The molecule has 0 amide bonds. The molecule has 0 bridgehead atoms. The maximum absolute atomic E-state index is 13.8. The summed E-state index contributed by atoms with van der Waals surface area (Å²) in [7, 11) is 0. The Balaban J connectivity index is 1.84. The lowest BCUT2D eigenvalue weighted by Gasteiger charge is -2.12. The monoisotopic (exact) mass is 349 g/mol. The van der Waals surface area contributed by atoms with Gasteiger partial charge in [-0.15, -0.1) is 0 Å². The van der Waals surface area contributed by atoms with Gasteiger partial charge in [0.25, 0.3) is 0 Å². The molecule has 3 rings (SSSR count). The standard InChI is InChI=1S/C22H20FNO2/c1-15-7-11-18(14-20(15)23)24-21-13-17(10-12-19(21)22(25)26)9-8-16-5-3-2-4-6-16/h2-7,10-14,24H,8-9H2,1H3,(H,25,26). The second kappa shape index (κ2) is 7.83. The summed E-state index contributed by atoms with van der Waals surface area (Å²) >= 11 is 0. The topological polar surface area (TPSA) is 49.3 Å². The number of halogens is 1. The molecule has 0 spiro atoms. The van der Waals surface area contributed by atoms with Crippen molar-refractivity contribution in [3.63, 3.8) is 0 Å². The van der Waals surface area contributed by atoms with Gasteiger partial charge in [-0.2, -0.15) is 0 Å². The quantitative estimate of drug-likeness (QED) is 0.630. The van der Waals surface area contributed by atoms with Gasteiger partial charge in [0.2, 0.25) is 0 Å². The largest absolute Gasteiger partial charge is 0.478 e. The minimum absolute atomic E-state index is 0.162. The number of rotatable bonds is 6. The van der Waals surface area contributed by atoms with Crippen LogP contribution in [0.15, 0.2) is 66.7 Å². The van der Waals surface area contributed by atoms with Crippen molar-refractivity contribution in [2.45, 2.75) is 19.8 Å². The van der Waals surface area contributed by atoms with Crippen LogP contribution >= 0.6 is 0 Å². The summed E-state index contributed by atoms with van der Waals surface area (Å²) in [5.41, 5.74) is 3.95. The maximum Gasteiger partial charge on any atom is 0.337 e. The van der Waals surface area contributed by atoms with Crippen molar-refractivity contribution >= 4 is 17.3 Å². The molecule has 3 aromatic rings. The molecule has 0 unspecified atom stereocenters. The van der Waals surface area contributed by atoms with E-state index in [1.54, 1.807) is 25.1 Å². The molecule has 3 aromatic carbocycles. The zero-order chi connectivity index (χ0) is 18.5. The molecule has 0 fully saturated rings. The Morgan fingerprint density at radius 3 is 2.38 bits per heavy atom. The van der Waals surface area contributed by atoms with Crippen LogP contribution in [0.25, 0.3) is 0 Å². The fourth-order valence-electron chi connectivity index (χ4n) is 2.80. The van der Waals surface area contributed by atoms with Gasteiger partial charge >= 0.3 is 5.97 Å². The van der Waals surface area contributed by atoms with Crippen molar-refractivity contribution in [3.8, 4) is 0 Å². The highest BCUT2D eigenvalue weighted by Crippen LogP contribution is 2.25. The number of hydrogen-bond acceptors (Lipinski definition) is 2. The highest BCUT2D eigenvalue weighted by molar-refractivity contribution is 5.95. The molecule has 2 N–H and O–H groups in total. The van der Waals surface area contributed by atoms with Crippen LogP contribution in [-0.4, -0.2) is 11.1 Å². The Bertz CT molecular complexity index is 923. The number of aryl methyl sites for hydroxylation is 3. The Morgan fingerprint density at radius 2 is 1.69 bits per heavy atom. The summed E-state index contributed by atoms with van der Waals surface area (Å²) in [6.45, 7) is 1.69. The van der Waals surface area contributed by atoms with Crippen molar-refractivity contribution < 1.29 is 14.3 Å². The Morgan fingerprint density at radius 1 is 0.962 bits per heavy atom. The lowest BCUT2D eigenvalue weighted by Crippen LogP contribution is -2.04. The second-order valence-electron chi connectivity index (χ2n) is 6.26. The molecule has 0 aliphatic heterocycles. The molecule has 0 aliphatic carbocycles. The lowest BCUT2D eigenvalue weighted by molar-refractivity contribution is 0.0698.